The fourth-order valence-corrected chi connectivity index (χ4v) is 3.24. The Kier molecular flexibility index (Phi) is 7.43. The van der Waals surface area contributed by atoms with Gasteiger partial charge in [0.15, 0.2) is 0 Å². The van der Waals surface area contributed by atoms with Crippen LogP contribution in [0.2, 0.25) is 0 Å². The highest BCUT2D eigenvalue weighted by Crippen LogP contribution is 2.21. The van der Waals surface area contributed by atoms with E-state index in [0.717, 1.165) is 28.8 Å². The fraction of sp³-hybridized carbons (Fsp3) is 0.300. The van der Waals surface area contributed by atoms with Crippen molar-refractivity contribution in [2.75, 3.05) is 18.5 Å². The average Bonchev–Trinajstić information content (AvgIpc) is 3.07. The number of halogens is 2. The van der Waals surface area contributed by atoms with Crippen LogP contribution in [0.5, 0.6) is 0 Å². The number of carbonyl (C=O) groups is 1. The van der Waals surface area contributed by atoms with E-state index in [9.17, 15) is 4.79 Å². The number of para-hydroxylation sites is 2. The first kappa shape index (κ1) is 22.2. The van der Waals surface area contributed by atoms with E-state index in [1.54, 1.807) is 0 Å². The van der Waals surface area contributed by atoms with Crippen molar-refractivity contribution < 1.29 is 9.53 Å². The molecule has 4 rings (SSSR count). The average molecular weight is 423 g/mol. The van der Waals surface area contributed by atoms with Gasteiger partial charge in [0.05, 0.1) is 17.4 Å². The third kappa shape index (κ3) is 4.64. The molecule has 28 heavy (non-hydrogen) atoms. The van der Waals surface area contributed by atoms with E-state index in [1.807, 2.05) is 48.8 Å². The number of benzene rings is 2. The maximum atomic E-state index is 12.5. The van der Waals surface area contributed by atoms with Crippen LogP contribution in [0, 0.1) is 0 Å². The Morgan fingerprint density at radius 1 is 1.11 bits per heavy atom. The van der Waals surface area contributed by atoms with Crippen LogP contribution >= 0.6 is 24.8 Å². The molecule has 8 heteroatoms. The zero-order chi connectivity index (χ0) is 18.0. The largest absolute Gasteiger partial charge is 0.381 e. The van der Waals surface area contributed by atoms with Crippen LogP contribution in [0.3, 0.4) is 0 Å². The van der Waals surface area contributed by atoms with Crippen LogP contribution in [0.15, 0.2) is 54.9 Å². The minimum Gasteiger partial charge on any atom is -0.381 e. The molecule has 1 aliphatic rings. The number of nitrogens with zero attached hydrogens (tertiary/aromatic N) is 2. The summed E-state index contributed by atoms with van der Waals surface area (Å²) in [4.78, 5) is 16.9. The SMILES string of the molecule is Cl.Cl.NC1(C(=O)Nc2ccc(Cn3cnc4ccccc43)cc2)CCOCC1. The van der Waals surface area contributed by atoms with Crippen molar-refractivity contribution in [2.24, 2.45) is 5.73 Å². The first-order valence-electron chi connectivity index (χ1n) is 8.81. The lowest BCUT2D eigenvalue weighted by atomic mass is 9.90. The van der Waals surface area contributed by atoms with Crippen LogP contribution < -0.4 is 11.1 Å². The third-order valence-electron chi connectivity index (χ3n) is 4.93. The summed E-state index contributed by atoms with van der Waals surface area (Å²) in [6, 6.07) is 15.9. The molecule has 2 aromatic carbocycles. The lowest BCUT2D eigenvalue weighted by molar-refractivity contribution is -0.124. The molecule has 1 aromatic heterocycles. The number of imidazole rings is 1. The lowest BCUT2D eigenvalue weighted by Gasteiger charge is -2.31. The van der Waals surface area contributed by atoms with Gasteiger partial charge in [-0.3, -0.25) is 4.79 Å². The number of anilines is 1. The van der Waals surface area contributed by atoms with E-state index in [-0.39, 0.29) is 30.7 Å². The van der Waals surface area contributed by atoms with Crippen molar-refractivity contribution in [3.05, 3.63) is 60.4 Å². The maximum absolute atomic E-state index is 12.5. The van der Waals surface area contributed by atoms with E-state index in [4.69, 9.17) is 10.5 Å². The van der Waals surface area contributed by atoms with Gasteiger partial charge in [0.25, 0.3) is 0 Å². The predicted octanol–water partition coefficient (Wildman–Crippen LogP) is 3.37. The summed E-state index contributed by atoms with van der Waals surface area (Å²) in [6.45, 7) is 1.79. The molecule has 0 unspecified atom stereocenters. The van der Waals surface area contributed by atoms with Gasteiger partial charge in [-0.2, -0.15) is 0 Å². The quantitative estimate of drug-likeness (QED) is 0.674. The highest BCUT2D eigenvalue weighted by atomic mass is 35.5. The summed E-state index contributed by atoms with van der Waals surface area (Å²) in [7, 11) is 0. The maximum Gasteiger partial charge on any atom is 0.244 e. The summed E-state index contributed by atoms with van der Waals surface area (Å²) in [5.41, 5.74) is 9.37. The zero-order valence-electron chi connectivity index (χ0n) is 15.3. The highest BCUT2D eigenvalue weighted by Gasteiger charge is 2.35. The first-order chi connectivity index (χ1) is 12.6. The molecule has 3 N–H and O–H groups in total. The van der Waals surface area contributed by atoms with Crippen molar-refractivity contribution in [3.63, 3.8) is 0 Å². The van der Waals surface area contributed by atoms with Crippen molar-refractivity contribution in [1.82, 2.24) is 9.55 Å². The Bertz CT molecular complexity index is 921. The van der Waals surface area contributed by atoms with Crippen LogP contribution in [-0.2, 0) is 16.1 Å². The monoisotopic (exact) mass is 422 g/mol. The predicted molar refractivity (Wildman–Crippen MR) is 115 cm³/mol. The van der Waals surface area contributed by atoms with Crippen molar-refractivity contribution >= 4 is 47.4 Å². The minimum atomic E-state index is -0.841. The van der Waals surface area contributed by atoms with Crippen LogP contribution in [0.4, 0.5) is 5.69 Å². The minimum absolute atomic E-state index is 0. The molecule has 0 saturated carbocycles. The van der Waals surface area contributed by atoms with Gasteiger partial charge in [-0.05, 0) is 42.7 Å². The number of amides is 1. The third-order valence-corrected chi connectivity index (χ3v) is 4.93. The van der Waals surface area contributed by atoms with Gasteiger partial charge in [-0.1, -0.05) is 24.3 Å². The Morgan fingerprint density at radius 3 is 2.50 bits per heavy atom. The molecule has 6 nitrogen and oxygen atoms in total. The molecular formula is C20H24Cl2N4O2. The summed E-state index contributed by atoms with van der Waals surface area (Å²) in [6.07, 6.45) is 2.94. The molecule has 0 bridgehead atoms. The Morgan fingerprint density at radius 2 is 1.79 bits per heavy atom. The van der Waals surface area contributed by atoms with Crippen LogP contribution in [0.25, 0.3) is 11.0 Å². The number of aromatic nitrogens is 2. The molecule has 3 aromatic rings. The Balaban J connectivity index is 0.00000140. The number of ether oxygens (including phenoxy) is 1. The van der Waals surface area contributed by atoms with Gasteiger partial charge < -0.3 is 20.4 Å². The normalized spacial score (nSPS) is 15.3. The number of hydrogen-bond acceptors (Lipinski definition) is 4. The molecule has 0 atom stereocenters. The second kappa shape index (κ2) is 9.39. The lowest BCUT2D eigenvalue weighted by Crippen LogP contribution is -2.54. The van der Waals surface area contributed by atoms with Gasteiger partial charge in [0.2, 0.25) is 5.91 Å². The van der Waals surface area contributed by atoms with E-state index in [1.165, 1.54) is 0 Å². The summed E-state index contributed by atoms with van der Waals surface area (Å²) in [5.74, 6) is -0.144. The zero-order valence-corrected chi connectivity index (χ0v) is 17.0. The molecule has 1 fully saturated rings. The summed E-state index contributed by atoms with van der Waals surface area (Å²) < 4.78 is 7.40. The second-order valence-corrected chi connectivity index (χ2v) is 6.78. The summed E-state index contributed by atoms with van der Waals surface area (Å²) >= 11 is 0. The van der Waals surface area contributed by atoms with Gasteiger partial charge >= 0.3 is 0 Å². The van der Waals surface area contributed by atoms with E-state index < -0.39 is 5.54 Å². The molecule has 150 valence electrons. The first-order valence-corrected chi connectivity index (χ1v) is 8.81. The highest BCUT2D eigenvalue weighted by molar-refractivity contribution is 5.98. The number of rotatable bonds is 4. The smallest absolute Gasteiger partial charge is 0.244 e. The van der Waals surface area contributed by atoms with Gasteiger partial charge in [-0.15, -0.1) is 24.8 Å². The van der Waals surface area contributed by atoms with Crippen LogP contribution in [0.1, 0.15) is 18.4 Å². The van der Waals surface area contributed by atoms with E-state index in [0.29, 0.717) is 26.1 Å². The van der Waals surface area contributed by atoms with Crippen molar-refractivity contribution in [3.8, 4) is 0 Å². The van der Waals surface area contributed by atoms with Gasteiger partial charge in [0, 0.05) is 25.4 Å². The Labute approximate surface area is 176 Å². The molecule has 0 radical (unpaired) electrons. The second-order valence-electron chi connectivity index (χ2n) is 6.78. The van der Waals surface area contributed by atoms with Gasteiger partial charge in [0.1, 0.15) is 5.54 Å². The molecule has 0 spiro atoms. The van der Waals surface area contributed by atoms with E-state index >= 15 is 0 Å². The van der Waals surface area contributed by atoms with Crippen molar-refractivity contribution in [1.29, 1.82) is 0 Å². The molecule has 1 aliphatic heterocycles. The Hall–Kier alpha value is -2.12. The fourth-order valence-electron chi connectivity index (χ4n) is 3.24. The number of fused-ring (bicyclic) bond motifs is 1. The molecular weight excluding hydrogens is 399 g/mol. The van der Waals surface area contributed by atoms with Crippen molar-refractivity contribution in [2.45, 2.75) is 24.9 Å². The van der Waals surface area contributed by atoms with E-state index in [2.05, 4.69) is 20.9 Å². The topological polar surface area (TPSA) is 82.2 Å². The number of nitrogens with two attached hydrogens (primary N) is 1. The number of carbonyl (C=O) groups excluding carboxylic acids is 1. The number of nitrogens with one attached hydrogen (secondary N) is 1. The molecule has 1 saturated heterocycles. The standard InChI is InChI=1S/C20H22N4O2.2ClH/c21-20(9-11-26-12-10-20)19(25)23-16-7-5-15(6-8-16)13-24-14-22-17-3-1-2-4-18(17)24;;/h1-8,14H,9-13,21H2,(H,23,25);2*1H. The molecule has 1 amide bonds. The molecule has 2 heterocycles. The molecule has 0 aliphatic carbocycles. The van der Waals surface area contributed by atoms with Gasteiger partial charge in [-0.25, -0.2) is 4.98 Å². The van der Waals surface area contributed by atoms with Crippen LogP contribution in [-0.4, -0.2) is 34.2 Å². The summed E-state index contributed by atoms with van der Waals surface area (Å²) in [5, 5.41) is 2.93. The number of hydrogen-bond donors (Lipinski definition) is 2.